The highest BCUT2D eigenvalue weighted by molar-refractivity contribution is 5.92. The van der Waals surface area contributed by atoms with Crippen LogP contribution in [0.25, 0.3) is 0 Å². The third kappa shape index (κ3) is 7.27. The molecule has 2 aromatic rings. The zero-order chi connectivity index (χ0) is 23.7. The summed E-state index contributed by atoms with van der Waals surface area (Å²) < 4.78 is 51.0. The molecule has 1 aliphatic rings. The molecule has 1 amide bonds. The molecule has 1 aromatic heterocycles. The number of rotatable bonds is 10. The maximum Gasteiger partial charge on any atom is 0.433 e. The highest BCUT2D eigenvalue weighted by Crippen LogP contribution is 2.38. The normalized spacial score (nSPS) is 15.9. The number of aromatic nitrogens is 1. The van der Waals surface area contributed by atoms with Crippen molar-refractivity contribution in [3.05, 3.63) is 59.8 Å². The summed E-state index contributed by atoms with van der Waals surface area (Å²) in [5.74, 6) is -0.198. The number of carbonyl (C=O) groups excluding carboxylic acids is 1. The standard InChI is InChI=1S/C25H31F3N2O3/c1-2-23(31)30(22-11-6-10-21(29-22)25(26,27)28)19-24(13-16-32-17-14-24)12-7-15-33-18-20-8-4-3-5-9-20/h3-6,8-11H,2,7,12-19H2,1H3. The van der Waals surface area contributed by atoms with Gasteiger partial charge in [0.1, 0.15) is 11.5 Å². The van der Waals surface area contributed by atoms with E-state index < -0.39 is 11.9 Å². The number of hydrogen-bond donors (Lipinski definition) is 0. The molecule has 0 atom stereocenters. The van der Waals surface area contributed by atoms with Crippen molar-refractivity contribution in [1.29, 1.82) is 0 Å². The molecule has 0 saturated carbocycles. The molecular formula is C25H31F3N2O3. The van der Waals surface area contributed by atoms with Crippen LogP contribution in [0.4, 0.5) is 19.0 Å². The fraction of sp³-hybridized carbons (Fsp3) is 0.520. The number of anilines is 1. The summed E-state index contributed by atoms with van der Waals surface area (Å²) in [6.07, 6.45) is -1.33. The Labute approximate surface area is 192 Å². The largest absolute Gasteiger partial charge is 0.433 e. The van der Waals surface area contributed by atoms with Gasteiger partial charge in [-0.05, 0) is 48.8 Å². The van der Waals surface area contributed by atoms with Crippen molar-refractivity contribution in [2.24, 2.45) is 5.41 Å². The van der Waals surface area contributed by atoms with Gasteiger partial charge in [0.05, 0.1) is 6.61 Å². The highest BCUT2D eigenvalue weighted by atomic mass is 19.4. The molecule has 5 nitrogen and oxygen atoms in total. The van der Waals surface area contributed by atoms with Crippen LogP contribution in [0, 0.1) is 5.41 Å². The minimum Gasteiger partial charge on any atom is -0.381 e. The van der Waals surface area contributed by atoms with E-state index in [-0.39, 0.29) is 23.6 Å². The van der Waals surface area contributed by atoms with Crippen LogP contribution in [0.15, 0.2) is 48.5 Å². The van der Waals surface area contributed by atoms with E-state index in [2.05, 4.69) is 4.98 Å². The molecule has 3 rings (SSSR count). The zero-order valence-corrected chi connectivity index (χ0v) is 18.9. The summed E-state index contributed by atoms with van der Waals surface area (Å²) in [4.78, 5) is 18.0. The van der Waals surface area contributed by atoms with E-state index >= 15 is 0 Å². The summed E-state index contributed by atoms with van der Waals surface area (Å²) >= 11 is 0. The molecule has 8 heteroatoms. The average Bonchev–Trinajstić information content (AvgIpc) is 2.83. The molecule has 180 valence electrons. The lowest BCUT2D eigenvalue weighted by atomic mass is 9.76. The van der Waals surface area contributed by atoms with E-state index in [0.717, 1.165) is 37.3 Å². The summed E-state index contributed by atoms with van der Waals surface area (Å²) in [5.41, 5.74) is -0.146. The Morgan fingerprint density at radius 3 is 2.52 bits per heavy atom. The van der Waals surface area contributed by atoms with Crippen LogP contribution >= 0.6 is 0 Å². The first kappa shape index (κ1) is 25.2. The van der Waals surface area contributed by atoms with Gasteiger partial charge >= 0.3 is 6.18 Å². The van der Waals surface area contributed by atoms with Crippen LogP contribution in [0.2, 0.25) is 0 Å². The number of pyridine rings is 1. The average molecular weight is 465 g/mol. The first-order valence-corrected chi connectivity index (χ1v) is 11.4. The Balaban J connectivity index is 1.69. The zero-order valence-electron chi connectivity index (χ0n) is 18.9. The van der Waals surface area contributed by atoms with E-state index in [1.54, 1.807) is 6.92 Å². The lowest BCUT2D eigenvalue weighted by Crippen LogP contribution is -2.45. The second kappa shape index (κ2) is 11.6. The maximum atomic E-state index is 13.2. The molecule has 1 fully saturated rings. The van der Waals surface area contributed by atoms with Crippen molar-refractivity contribution in [3.63, 3.8) is 0 Å². The number of carbonyl (C=O) groups is 1. The molecule has 1 aromatic carbocycles. The number of amides is 1. The fourth-order valence-electron chi connectivity index (χ4n) is 4.16. The van der Waals surface area contributed by atoms with Crippen molar-refractivity contribution in [2.45, 2.75) is 51.8 Å². The first-order valence-electron chi connectivity index (χ1n) is 11.4. The van der Waals surface area contributed by atoms with Crippen LogP contribution < -0.4 is 4.90 Å². The van der Waals surface area contributed by atoms with Gasteiger partial charge in [-0.2, -0.15) is 13.2 Å². The van der Waals surface area contributed by atoms with Gasteiger partial charge in [-0.25, -0.2) is 4.98 Å². The van der Waals surface area contributed by atoms with Gasteiger partial charge in [0.15, 0.2) is 0 Å². The highest BCUT2D eigenvalue weighted by Gasteiger charge is 2.37. The second-order valence-corrected chi connectivity index (χ2v) is 8.47. The molecule has 1 saturated heterocycles. The molecular weight excluding hydrogens is 433 g/mol. The van der Waals surface area contributed by atoms with E-state index in [4.69, 9.17) is 9.47 Å². The molecule has 0 spiro atoms. The quantitative estimate of drug-likeness (QED) is 0.427. The third-order valence-corrected chi connectivity index (χ3v) is 6.06. The van der Waals surface area contributed by atoms with E-state index in [0.29, 0.717) is 33.0 Å². The van der Waals surface area contributed by atoms with Crippen molar-refractivity contribution in [1.82, 2.24) is 4.98 Å². The van der Waals surface area contributed by atoms with Gasteiger partial charge in [-0.15, -0.1) is 0 Å². The number of hydrogen-bond acceptors (Lipinski definition) is 4. The molecule has 33 heavy (non-hydrogen) atoms. The topological polar surface area (TPSA) is 51.7 Å². The summed E-state index contributed by atoms with van der Waals surface area (Å²) in [5, 5.41) is 0. The minimum absolute atomic E-state index is 0.0443. The first-order chi connectivity index (χ1) is 15.8. The number of benzene rings is 1. The Bertz CT molecular complexity index is 884. The molecule has 0 unspecified atom stereocenters. The molecule has 0 bridgehead atoms. The Morgan fingerprint density at radius 2 is 1.85 bits per heavy atom. The summed E-state index contributed by atoms with van der Waals surface area (Å²) in [7, 11) is 0. The van der Waals surface area contributed by atoms with Crippen molar-refractivity contribution < 1.29 is 27.4 Å². The molecule has 1 aliphatic heterocycles. The van der Waals surface area contributed by atoms with Crippen LogP contribution in [0.5, 0.6) is 0 Å². The monoisotopic (exact) mass is 464 g/mol. The van der Waals surface area contributed by atoms with Crippen molar-refractivity contribution in [3.8, 4) is 0 Å². The van der Waals surface area contributed by atoms with Crippen molar-refractivity contribution in [2.75, 3.05) is 31.3 Å². The Morgan fingerprint density at radius 1 is 1.12 bits per heavy atom. The fourth-order valence-corrected chi connectivity index (χ4v) is 4.16. The van der Waals surface area contributed by atoms with Crippen molar-refractivity contribution >= 4 is 11.7 Å². The summed E-state index contributed by atoms with van der Waals surface area (Å²) in [6.45, 7) is 4.25. The van der Waals surface area contributed by atoms with Crippen LogP contribution in [-0.4, -0.2) is 37.3 Å². The molecule has 2 heterocycles. The van der Waals surface area contributed by atoms with Gasteiger partial charge in [0, 0.05) is 32.8 Å². The lowest BCUT2D eigenvalue weighted by Gasteiger charge is -2.41. The smallest absolute Gasteiger partial charge is 0.381 e. The minimum atomic E-state index is -4.57. The molecule has 0 N–H and O–H groups in total. The van der Waals surface area contributed by atoms with E-state index in [1.165, 1.54) is 17.0 Å². The number of halogens is 3. The third-order valence-electron chi connectivity index (χ3n) is 6.06. The Hall–Kier alpha value is -2.45. The lowest BCUT2D eigenvalue weighted by molar-refractivity contribution is -0.141. The molecule has 0 aliphatic carbocycles. The second-order valence-electron chi connectivity index (χ2n) is 8.47. The van der Waals surface area contributed by atoms with Crippen LogP contribution in [0.3, 0.4) is 0 Å². The van der Waals surface area contributed by atoms with Crippen LogP contribution in [0.1, 0.15) is 50.3 Å². The van der Waals surface area contributed by atoms with Crippen LogP contribution in [-0.2, 0) is 27.1 Å². The number of nitrogens with zero attached hydrogens (tertiary/aromatic N) is 2. The number of alkyl halides is 3. The predicted octanol–water partition coefficient (Wildman–Crippen LogP) is 5.64. The number of ether oxygens (including phenoxy) is 2. The van der Waals surface area contributed by atoms with E-state index in [1.807, 2.05) is 30.3 Å². The SMILES string of the molecule is CCC(=O)N(CC1(CCCOCc2ccccc2)CCOCC1)c1cccc(C(F)(F)F)n1. The predicted molar refractivity (Wildman–Crippen MR) is 120 cm³/mol. The van der Waals surface area contributed by atoms with Gasteiger partial charge in [0.2, 0.25) is 5.91 Å². The Kier molecular flexibility index (Phi) is 8.86. The molecule has 0 radical (unpaired) electrons. The maximum absolute atomic E-state index is 13.2. The van der Waals surface area contributed by atoms with Gasteiger partial charge < -0.3 is 9.47 Å². The van der Waals surface area contributed by atoms with Gasteiger partial charge in [0.25, 0.3) is 0 Å². The van der Waals surface area contributed by atoms with E-state index in [9.17, 15) is 18.0 Å². The van der Waals surface area contributed by atoms with Gasteiger partial charge in [-0.1, -0.05) is 43.3 Å². The summed E-state index contributed by atoms with van der Waals surface area (Å²) in [6, 6.07) is 13.6. The van der Waals surface area contributed by atoms with Gasteiger partial charge in [-0.3, -0.25) is 9.69 Å².